The van der Waals surface area contributed by atoms with Crippen LogP contribution in [0.5, 0.6) is 5.75 Å². The quantitative estimate of drug-likeness (QED) is 0.766. The molecule has 26 heavy (non-hydrogen) atoms. The van der Waals surface area contributed by atoms with Crippen molar-refractivity contribution < 1.29 is 9.47 Å². The minimum absolute atomic E-state index is 0.301. The van der Waals surface area contributed by atoms with E-state index < -0.39 is 0 Å². The first-order valence-electron chi connectivity index (χ1n) is 9.76. The highest BCUT2D eigenvalue weighted by molar-refractivity contribution is 7.80. The van der Waals surface area contributed by atoms with Crippen molar-refractivity contribution in [3.63, 3.8) is 0 Å². The molecule has 2 fully saturated rings. The predicted octanol–water partition coefficient (Wildman–Crippen LogP) is 3.36. The monoisotopic (exact) mass is 377 g/mol. The van der Waals surface area contributed by atoms with E-state index in [1.165, 1.54) is 0 Å². The Labute approximate surface area is 162 Å². The predicted molar refractivity (Wildman–Crippen MR) is 110 cm³/mol. The Kier molecular flexibility index (Phi) is 7.11. The second kappa shape index (κ2) is 9.53. The van der Waals surface area contributed by atoms with Crippen LogP contribution in [0.3, 0.4) is 0 Å². The van der Waals surface area contributed by atoms with E-state index in [0.29, 0.717) is 18.8 Å². The fourth-order valence-electron chi connectivity index (χ4n) is 3.71. The average Bonchev–Trinajstić information content (AvgIpc) is 3.16. The molecule has 1 aromatic carbocycles. The van der Waals surface area contributed by atoms with Crippen LogP contribution in [0.25, 0.3) is 0 Å². The van der Waals surface area contributed by atoms with E-state index in [2.05, 4.69) is 22.2 Å². The zero-order valence-corrected chi connectivity index (χ0v) is 16.8. The van der Waals surface area contributed by atoms with Gasteiger partial charge < -0.3 is 24.6 Å². The Bertz CT molecular complexity index is 567. The lowest BCUT2D eigenvalue weighted by molar-refractivity contribution is 0.0724. The number of thiocarbonyl (C=S) groups is 1. The van der Waals surface area contributed by atoms with Crippen molar-refractivity contribution in [2.24, 2.45) is 0 Å². The molecule has 2 saturated heterocycles. The molecule has 2 aliphatic heterocycles. The molecule has 6 heteroatoms. The number of rotatable bonds is 6. The largest absolute Gasteiger partial charge is 0.494 e. The molecule has 5 nitrogen and oxygen atoms in total. The summed E-state index contributed by atoms with van der Waals surface area (Å²) in [7, 11) is 2.19. The van der Waals surface area contributed by atoms with Gasteiger partial charge in [0.1, 0.15) is 5.75 Å². The number of anilines is 1. The lowest BCUT2D eigenvalue weighted by Gasteiger charge is -2.39. The molecule has 144 valence electrons. The van der Waals surface area contributed by atoms with Gasteiger partial charge in [0, 0.05) is 24.9 Å². The second-order valence-electron chi connectivity index (χ2n) is 7.21. The fraction of sp³-hybridized carbons (Fsp3) is 0.650. The molecule has 0 radical (unpaired) electrons. The third-order valence-corrected chi connectivity index (χ3v) is 5.57. The highest BCUT2D eigenvalue weighted by atomic mass is 32.1. The summed E-state index contributed by atoms with van der Waals surface area (Å²) in [5.41, 5.74) is 1.00. The second-order valence-corrected chi connectivity index (χ2v) is 7.60. The zero-order chi connectivity index (χ0) is 18.4. The van der Waals surface area contributed by atoms with Crippen molar-refractivity contribution in [2.45, 2.75) is 44.8 Å². The molecular formula is C20H31N3O2S. The number of piperidine rings is 1. The van der Waals surface area contributed by atoms with E-state index in [1.807, 2.05) is 31.2 Å². The lowest BCUT2D eigenvalue weighted by atomic mass is 10.0. The normalized spacial score (nSPS) is 21.5. The third kappa shape index (κ3) is 5.32. The molecule has 2 heterocycles. The van der Waals surface area contributed by atoms with E-state index >= 15 is 0 Å². The lowest BCUT2D eigenvalue weighted by Crippen LogP contribution is -2.50. The summed E-state index contributed by atoms with van der Waals surface area (Å²) >= 11 is 5.80. The van der Waals surface area contributed by atoms with Crippen LogP contribution in [-0.4, -0.2) is 67.0 Å². The van der Waals surface area contributed by atoms with Crippen molar-refractivity contribution >= 4 is 23.0 Å². The van der Waals surface area contributed by atoms with E-state index in [0.717, 1.165) is 68.5 Å². The fourth-order valence-corrected chi connectivity index (χ4v) is 4.05. The number of likely N-dealkylation sites (tertiary alicyclic amines) is 1. The van der Waals surface area contributed by atoms with Gasteiger partial charge in [-0.1, -0.05) is 0 Å². The van der Waals surface area contributed by atoms with Crippen molar-refractivity contribution in [3.05, 3.63) is 24.3 Å². The molecular weight excluding hydrogens is 346 g/mol. The van der Waals surface area contributed by atoms with E-state index in [1.54, 1.807) is 0 Å². The maximum atomic E-state index is 5.88. The van der Waals surface area contributed by atoms with Gasteiger partial charge in [-0.15, -0.1) is 0 Å². The average molecular weight is 378 g/mol. The maximum Gasteiger partial charge on any atom is 0.173 e. The molecule has 1 unspecified atom stereocenters. The number of hydrogen-bond acceptors (Lipinski definition) is 4. The van der Waals surface area contributed by atoms with E-state index in [4.69, 9.17) is 21.7 Å². The first-order valence-corrected chi connectivity index (χ1v) is 10.2. The summed E-state index contributed by atoms with van der Waals surface area (Å²) in [5, 5.41) is 4.23. The number of hydrogen-bond donors (Lipinski definition) is 1. The topological polar surface area (TPSA) is 37.0 Å². The molecule has 1 aromatic rings. The van der Waals surface area contributed by atoms with Crippen LogP contribution in [0.15, 0.2) is 24.3 Å². The Morgan fingerprint density at radius 1 is 1.27 bits per heavy atom. The summed E-state index contributed by atoms with van der Waals surface area (Å²) in [6.45, 7) is 6.68. The summed E-state index contributed by atoms with van der Waals surface area (Å²) in [6.07, 6.45) is 4.89. The van der Waals surface area contributed by atoms with Crippen LogP contribution in [-0.2, 0) is 4.74 Å². The summed E-state index contributed by atoms with van der Waals surface area (Å²) in [4.78, 5) is 4.76. The molecule has 1 N–H and O–H groups in total. The molecule has 0 saturated carbocycles. The van der Waals surface area contributed by atoms with Crippen LogP contribution >= 0.6 is 12.2 Å². The van der Waals surface area contributed by atoms with Gasteiger partial charge in [-0.2, -0.15) is 0 Å². The van der Waals surface area contributed by atoms with Crippen LogP contribution in [0.4, 0.5) is 5.69 Å². The number of nitrogens with one attached hydrogen (secondary N) is 1. The van der Waals surface area contributed by atoms with Gasteiger partial charge in [0.15, 0.2) is 5.11 Å². The van der Waals surface area contributed by atoms with E-state index in [9.17, 15) is 0 Å². The minimum atomic E-state index is 0.301. The number of benzene rings is 1. The zero-order valence-electron chi connectivity index (χ0n) is 15.9. The summed E-state index contributed by atoms with van der Waals surface area (Å²) in [6, 6.07) is 8.49. The van der Waals surface area contributed by atoms with Crippen LogP contribution < -0.4 is 10.1 Å². The molecule has 3 rings (SSSR count). The van der Waals surface area contributed by atoms with Gasteiger partial charge in [0.05, 0.1) is 12.7 Å². The van der Waals surface area contributed by atoms with Gasteiger partial charge in [-0.05, 0) is 89.2 Å². The first-order chi connectivity index (χ1) is 12.7. The van der Waals surface area contributed by atoms with Crippen molar-refractivity contribution in [1.29, 1.82) is 0 Å². The summed E-state index contributed by atoms with van der Waals surface area (Å²) < 4.78 is 11.4. The van der Waals surface area contributed by atoms with Gasteiger partial charge in [0.2, 0.25) is 0 Å². The van der Waals surface area contributed by atoms with Crippen LogP contribution in [0.2, 0.25) is 0 Å². The Hall–Kier alpha value is -1.37. The number of ether oxygens (including phenoxy) is 2. The Morgan fingerprint density at radius 3 is 2.62 bits per heavy atom. The highest BCUT2D eigenvalue weighted by Gasteiger charge is 2.28. The van der Waals surface area contributed by atoms with Gasteiger partial charge in [-0.25, -0.2) is 0 Å². The van der Waals surface area contributed by atoms with E-state index in [-0.39, 0.29) is 0 Å². The smallest absolute Gasteiger partial charge is 0.173 e. The summed E-state index contributed by atoms with van der Waals surface area (Å²) in [5.74, 6) is 0.885. The van der Waals surface area contributed by atoms with Crippen molar-refractivity contribution in [3.8, 4) is 5.75 Å². The molecule has 0 spiro atoms. The van der Waals surface area contributed by atoms with Crippen LogP contribution in [0, 0.1) is 0 Å². The van der Waals surface area contributed by atoms with Gasteiger partial charge in [-0.3, -0.25) is 0 Å². The minimum Gasteiger partial charge on any atom is -0.494 e. The molecule has 2 aliphatic rings. The standard InChI is InChI=1S/C20H31N3O2S/c1-3-24-18-8-6-16(7-9-18)21-20(26)23(15-19-5-4-14-25-19)17-10-12-22(2)13-11-17/h6-9,17,19H,3-5,10-15H2,1-2H3,(H,21,26). The van der Waals surface area contributed by atoms with Crippen LogP contribution in [0.1, 0.15) is 32.6 Å². The highest BCUT2D eigenvalue weighted by Crippen LogP contribution is 2.22. The van der Waals surface area contributed by atoms with Gasteiger partial charge in [0.25, 0.3) is 0 Å². The molecule has 0 aliphatic carbocycles. The SMILES string of the molecule is CCOc1ccc(NC(=S)N(CC2CCCO2)C2CCN(C)CC2)cc1. The van der Waals surface area contributed by atoms with Gasteiger partial charge >= 0.3 is 0 Å². The molecule has 0 amide bonds. The van der Waals surface area contributed by atoms with Crippen molar-refractivity contribution in [1.82, 2.24) is 9.80 Å². The third-order valence-electron chi connectivity index (χ3n) is 5.23. The molecule has 0 aromatic heterocycles. The Balaban J connectivity index is 1.64. The van der Waals surface area contributed by atoms with Crippen molar-refractivity contribution in [2.75, 3.05) is 45.2 Å². The Morgan fingerprint density at radius 2 is 2.00 bits per heavy atom. The molecule has 0 bridgehead atoms. The first kappa shape index (κ1) is 19.4. The maximum absolute atomic E-state index is 5.88. The number of nitrogens with zero attached hydrogens (tertiary/aromatic N) is 2. The molecule has 1 atom stereocenters.